The van der Waals surface area contributed by atoms with Crippen LogP contribution in [0.3, 0.4) is 0 Å². The molecule has 0 fully saturated rings. The second kappa shape index (κ2) is 8.06. The lowest BCUT2D eigenvalue weighted by molar-refractivity contribution is -0.138. The molecule has 0 saturated heterocycles. The van der Waals surface area contributed by atoms with E-state index in [2.05, 4.69) is 11.3 Å². The average molecular weight is 294 g/mol. The summed E-state index contributed by atoms with van der Waals surface area (Å²) in [5.41, 5.74) is 0. The number of carbonyl (C=O) groups excluding carboxylic acids is 2. The third kappa shape index (κ3) is 4.47. The summed E-state index contributed by atoms with van der Waals surface area (Å²) >= 11 is 0. The zero-order chi connectivity index (χ0) is 15.0. The van der Waals surface area contributed by atoms with Crippen molar-refractivity contribution in [2.24, 2.45) is 0 Å². The van der Waals surface area contributed by atoms with E-state index in [1.165, 1.54) is 6.08 Å². The molecule has 0 radical (unpaired) electrons. The van der Waals surface area contributed by atoms with Crippen molar-refractivity contribution in [3.05, 3.63) is 54.0 Å². The van der Waals surface area contributed by atoms with Gasteiger partial charge in [0.1, 0.15) is 11.5 Å². The first-order chi connectivity index (χ1) is 9.60. The van der Waals surface area contributed by atoms with E-state index in [9.17, 15) is 13.8 Å². The highest BCUT2D eigenvalue weighted by atomic mass is 32.2. The van der Waals surface area contributed by atoms with E-state index in [0.717, 1.165) is 13.2 Å². The molecule has 0 amide bonds. The van der Waals surface area contributed by atoms with Gasteiger partial charge in [-0.15, -0.1) is 0 Å². The fraction of sp³-hybridized carbons (Fsp3) is 0.143. The molecule has 1 aromatic carbocycles. The second-order valence-electron chi connectivity index (χ2n) is 3.50. The molecule has 1 atom stereocenters. The van der Waals surface area contributed by atoms with E-state index in [0.29, 0.717) is 4.90 Å². The van der Waals surface area contributed by atoms with Crippen molar-refractivity contribution in [2.45, 2.75) is 4.90 Å². The number of methoxy groups -OCH3 is 1. The predicted octanol–water partition coefficient (Wildman–Crippen LogP) is 1.58. The molecular formula is C14H14O5S. The van der Waals surface area contributed by atoms with Crippen LogP contribution in [0.15, 0.2) is 58.9 Å². The van der Waals surface area contributed by atoms with Crippen molar-refractivity contribution in [1.82, 2.24) is 0 Å². The maximum absolute atomic E-state index is 12.3. The summed E-state index contributed by atoms with van der Waals surface area (Å²) in [6.07, 6.45) is 2.26. The third-order valence-corrected chi connectivity index (χ3v) is 3.52. The quantitative estimate of drug-likeness (QED) is 0.452. The molecule has 106 valence electrons. The minimum Gasteiger partial charge on any atom is -0.465 e. The fourth-order valence-electron chi connectivity index (χ4n) is 1.25. The van der Waals surface area contributed by atoms with Crippen LogP contribution in [0, 0.1) is 0 Å². The average Bonchev–Trinajstić information content (AvgIpc) is 2.50. The van der Waals surface area contributed by atoms with Crippen LogP contribution in [0.25, 0.3) is 0 Å². The molecule has 0 N–H and O–H groups in total. The van der Waals surface area contributed by atoms with Crippen LogP contribution in [-0.2, 0) is 29.9 Å². The van der Waals surface area contributed by atoms with Crippen LogP contribution < -0.4 is 0 Å². The third-order valence-electron chi connectivity index (χ3n) is 2.14. The number of hydrogen-bond acceptors (Lipinski definition) is 5. The molecule has 0 spiro atoms. The maximum Gasteiger partial charge on any atom is 0.347 e. The Morgan fingerprint density at radius 3 is 2.50 bits per heavy atom. The zero-order valence-electron chi connectivity index (χ0n) is 10.9. The van der Waals surface area contributed by atoms with Crippen molar-refractivity contribution in [2.75, 3.05) is 13.7 Å². The van der Waals surface area contributed by atoms with Gasteiger partial charge in [0.2, 0.25) is 0 Å². The highest BCUT2D eigenvalue weighted by Crippen LogP contribution is 2.15. The summed E-state index contributed by atoms with van der Waals surface area (Å²) in [5.74, 6) is -1.63. The Hall–Kier alpha value is -2.21. The first-order valence-electron chi connectivity index (χ1n) is 5.64. The molecule has 5 nitrogen and oxygen atoms in total. The lowest BCUT2D eigenvalue weighted by atomic mass is 10.4. The molecule has 0 aliphatic rings. The van der Waals surface area contributed by atoms with E-state index in [1.807, 2.05) is 0 Å². The standard InChI is InChI=1S/C14H14O5S/c1-3-9-19-13(15)10-12(14(16)18-2)20(17)11-7-5-4-6-8-11/h3-8,10H,1,9H2,2H3. The molecule has 0 saturated carbocycles. The summed E-state index contributed by atoms with van der Waals surface area (Å²) in [4.78, 5) is 23.2. The molecule has 1 aromatic rings. The van der Waals surface area contributed by atoms with E-state index in [1.54, 1.807) is 30.3 Å². The minimum absolute atomic E-state index is 0.00174. The first-order valence-corrected chi connectivity index (χ1v) is 6.79. The van der Waals surface area contributed by atoms with Gasteiger partial charge >= 0.3 is 11.9 Å². The van der Waals surface area contributed by atoms with Gasteiger partial charge in [0, 0.05) is 11.0 Å². The molecule has 0 heterocycles. The summed E-state index contributed by atoms with van der Waals surface area (Å²) in [7, 11) is -0.671. The largest absolute Gasteiger partial charge is 0.465 e. The lowest BCUT2D eigenvalue weighted by Crippen LogP contribution is -2.13. The molecule has 1 rings (SSSR count). The monoisotopic (exact) mass is 294 g/mol. The van der Waals surface area contributed by atoms with Gasteiger partial charge in [0.15, 0.2) is 0 Å². The summed E-state index contributed by atoms with van der Waals surface area (Å²) in [5, 5.41) is 0. The zero-order valence-corrected chi connectivity index (χ0v) is 11.7. The normalized spacial score (nSPS) is 12.3. The van der Waals surface area contributed by atoms with E-state index in [-0.39, 0.29) is 11.5 Å². The van der Waals surface area contributed by atoms with Crippen LogP contribution in [0.1, 0.15) is 0 Å². The number of ether oxygens (including phenoxy) is 2. The van der Waals surface area contributed by atoms with Gasteiger partial charge < -0.3 is 9.47 Å². The van der Waals surface area contributed by atoms with Crippen molar-refractivity contribution in [3.63, 3.8) is 0 Å². The molecule has 0 aliphatic carbocycles. The highest BCUT2D eigenvalue weighted by molar-refractivity contribution is 7.90. The van der Waals surface area contributed by atoms with Crippen molar-refractivity contribution >= 4 is 22.7 Å². The van der Waals surface area contributed by atoms with Gasteiger partial charge in [-0.1, -0.05) is 30.9 Å². The second-order valence-corrected chi connectivity index (χ2v) is 4.95. The predicted molar refractivity (Wildman–Crippen MR) is 74.1 cm³/mol. The van der Waals surface area contributed by atoms with E-state index >= 15 is 0 Å². The fourth-order valence-corrected chi connectivity index (χ4v) is 2.35. The molecule has 0 aromatic heterocycles. The van der Waals surface area contributed by atoms with Gasteiger partial charge in [-0.3, -0.25) is 0 Å². The smallest absolute Gasteiger partial charge is 0.347 e. The summed E-state index contributed by atoms with van der Waals surface area (Å²) in [6.45, 7) is 3.40. The number of benzene rings is 1. The molecule has 6 heteroatoms. The van der Waals surface area contributed by atoms with Gasteiger partial charge in [0.05, 0.1) is 17.9 Å². The van der Waals surface area contributed by atoms with Crippen molar-refractivity contribution in [1.29, 1.82) is 0 Å². The highest BCUT2D eigenvalue weighted by Gasteiger charge is 2.21. The SMILES string of the molecule is C=CCOC(=O)C=C(C(=O)OC)S(=O)c1ccccc1. The number of carbonyl (C=O) groups is 2. The van der Waals surface area contributed by atoms with Gasteiger partial charge in [-0.25, -0.2) is 13.8 Å². The Morgan fingerprint density at radius 2 is 1.95 bits per heavy atom. The lowest BCUT2D eigenvalue weighted by Gasteiger charge is -2.05. The molecule has 1 unspecified atom stereocenters. The van der Waals surface area contributed by atoms with Crippen LogP contribution in [0.5, 0.6) is 0 Å². The van der Waals surface area contributed by atoms with Gasteiger partial charge in [-0.2, -0.15) is 0 Å². The minimum atomic E-state index is -1.82. The van der Waals surface area contributed by atoms with Crippen LogP contribution >= 0.6 is 0 Å². The van der Waals surface area contributed by atoms with Gasteiger partial charge in [-0.05, 0) is 12.1 Å². The van der Waals surface area contributed by atoms with Crippen LogP contribution in [0.4, 0.5) is 0 Å². The van der Waals surface area contributed by atoms with E-state index < -0.39 is 22.7 Å². The summed E-state index contributed by atoms with van der Waals surface area (Å²) < 4.78 is 21.5. The number of rotatable bonds is 6. The van der Waals surface area contributed by atoms with Crippen molar-refractivity contribution in [3.8, 4) is 0 Å². The number of esters is 2. The van der Waals surface area contributed by atoms with E-state index in [4.69, 9.17) is 4.74 Å². The molecule has 0 aliphatic heterocycles. The molecule has 0 bridgehead atoms. The molecule has 20 heavy (non-hydrogen) atoms. The Bertz CT molecular complexity index is 548. The van der Waals surface area contributed by atoms with Gasteiger partial charge in [0.25, 0.3) is 0 Å². The first kappa shape index (κ1) is 15.8. The number of hydrogen-bond donors (Lipinski definition) is 0. The summed E-state index contributed by atoms with van der Waals surface area (Å²) in [6, 6.07) is 8.28. The molecular weight excluding hydrogens is 280 g/mol. The maximum atomic E-state index is 12.3. The van der Waals surface area contributed by atoms with Crippen LogP contribution in [0.2, 0.25) is 0 Å². The van der Waals surface area contributed by atoms with Crippen molar-refractivity contribution < 1.29 is 23.3 Å². The Labute approximate surface area is 119 Å². The van der Waals surface area contributed by atoms with Crippen LogP contribution in [-0.4, -0.2) is 29.9 Å². The Morgan fingerprint density at radius 1 is 1.30 bits per heavy atom. The topological polar surface area (TPSA) is 69.7 Å². The Kier molecular flexibility index (Phi) is 6.39. The Balaban J connectivity index is 3.04.